The summed E-state index contributed by atoms with van der Waals surface area (Å²) in [6.45, 7) is 0.438. The van der Waals surface area contributed by atoms with Gasteiger partial charge in [0.05, 0.1) is 12.6 Å². The van der Waals surface area contributed by atoms with Crippen LogP contribution < -0.4 is 5.73 Å². The number of hydrogen-bond acceptors (Lipinski definition) is 3. The fraction of sp³-hybridized carbons (Fsp3) is 0.273. The minimum absolute atomic E-state index is 0.235. The molecule has 3 nitrogen and oxygen atoms in total. The molecule has 0 spiro atoms. The van der Waals surface area contributed by atoms with Gasteiger partial charge in [-0.2, -0.15) is 0 Å². The van der Waals surface area contributed by atoms with Crippen molar-refractivity contribution < 1.29 is 9.15 Å². The monoisotopic (exact) mass is 225 g/mol. The lowest BCUT2D eigenvalue weighted by Crippen LogP contribution is -2.14. The summed E-state index contributed by atoms with van der Waals surface area (Å²) in [6, 6.07) is 7.13. The molecule has 1 unspecified atom stereocenters. The third kappa shape index (κ3) is 2.15. The summed E-state index contributed by atoms with van der Waals surface area (Å²) < 4.78 is 10.5. The van der Waals surface area contributed by atoms with E-state index in [-0.39, 0.29) is 6.04 Å². The molecule has 0 aliphatic rings. The van der Waals surface area contributed by atoms with Crippen LogP contribution in [0.4, 0.5) is 0 Å². The predicted octanol–water partition coefficient (Wildman–Crippen LogP) is 2.73. The lowest BCUT2D eigenvalue weighted by molar-refractivity contribution is 0.173. The van der Waals surface area contributed by atoms with Crippen LogP contribution in [0.3, 0.4) is 0 Å². The molecular weight excluding hydrogens is 214 g/mol. The number of ether oxygens (including phenoxy) is 1. The summed E-state index contributed by atoms with van der Waals surface area (Å²) in [6.07, 6.45) is 0. The number of furan rings is 1. The van der Waals surface area contributed by atoms with Crippen LogP contribution in [-0.2, 0) is 4.74 Å². The molecule has 0 saturated heterocycles. The van der Waals surface area contributed by atoms with Crippen LogP contribution in [0, 0.1) is 0 Å². The number of nitrogens with two attached hydrogens (primary N) is 1. The Morgan fingerprint density at radius 1 is 1.47 bits per heavy atom. The first-order chi connectivity index (χ1) is 7.20. The Kier molecular flexibility index (Phi) is 2.95. The van der Waals surface area contributed by atoms with Gasteiger partial charge in [0.15, 0.2) is 0 Å². The van der Waals surface area contributed by atoms with E-state index in [9.17, 15) is 0 Å². The maximum Gasteiger partial charge on any atom is 0.134 e. The largest absolute Gasteiger partial charge is 0.459 e. The van der Waals surface area contributed by atoms with Crippen molar-refractivity contribution in [1.29, 1.82) is 0 Å². The predicted molar refractivity (Wildman–Crippen MR) is 60.0 cm³/mol. The van der Waals surface area contributed by atoms with Crippen LogP contribution in [0.2, 0.25) is 5.02 Å². The molecule has 0 aliphatic heterocycles. The van der Waals surface area contributed by atoms with E-state index in [0.29, 0.717) is 17.4 Å². The molecule has 0 amide bonds. The number of benzene rings is 1. The van der Waals surface area contributed by atoms with Gasteiger partial charge in [0.2, 0.25) is 0 Å². The molecular formula is C11H12ClNO2. The van der Waals surface area contributed by atoms with Gasteiger partial charge >= 0.3 is 0 Å². The van der Waals surface area contributed by atoms with Gasteiger partial charge in [-0.05, 0) is 24.3 Å². The van der Waals surface area contributed by atoms with Crippen molar-refractivity contribution in [3.05, 3.63) is 35.0 Å². The molecule has 2 rings (SSSR count). The van der Waals surface area contributed by atoms with E-state index in [1.165, 1.54) is 0 Å². The zero-order chi connectivity index (χ0) is 10.8. The summed E-state index contributed by atoms with van der Waals surface area (Å²) in [7, 11) is 1.61. The second-order valence-electron chi connectivity index (χ2n) is 3.39. The maximum atomic E-state index is 5.87. The Morgan fingerprint density at radius 3 is 3.00 bits per heavy atom. The molecule has 0 radical (unpaired) electrons. The van der Waals surface area contributed by atoms with Gasteiger partial charge in [0.25, 0.3) is 0 Å². The summed E-state index contributed by atoms with van der Waals surface area (Å²) in [5, 5.41) is 1.65. The lowest BCUT2D eigenvalue weighted by Gasteiger charge is -2.05. The number of fused-ring (bicyclic) bond motifs is 1. The van der Waals surface area contributed by atoms with E-state index in [0.717, 1.165) is 11.0 Å². The molecule has 15 heavy (non-hydrogen) atoms. The Bertz CT molecular complexity index is 467. The van der Waals surface area contributed by atoms with Gasteiger partial charge in [-0.3, -0.25) is 0 Å². The van der Waals surface area contributed by atoms with Gasteiger partial charge in [-0.25, -0.2) is 0 Å². The van der Waals surface area contributed by atoms with Crippen LogP contribution in [0.15, 0.2) is 28.7 Å². The van der Waals surface area contributed by atoms with E-state index in [4.69, 9.17) is 26.5 Å². The fourth-order valence-corrected chi connectivity index (χ4v) is 1.66. The number of hydrogen-bond donors (Lipinski definition) is 1. The van der Waals surface area contributed by atoms with Gasteiger partial charge in [0.1, 0.15) is 11.3 Å². The highest BCUT2D eigenvalue weighted by atomic mass is 35.5. The first kappa shape index (κ1) is 10.5. The van der Waals surface area contributed by atoms with Crippen LogP contribution in [-0.4, -0.2) is 13.7 Å². The topological polar surface area (TPSA) is 48.4 Å². The molecule has 2 aromatic rings. The first-order valence-corrected chi connectivity index (χ1v) is 5.02. The Morgan fingerprint density at radius 2 is 2.27 bits per heavy atom. The summed E-state index contributed by atoms with van der Waals surface area (Å²) in [5.41, 5.74) is 6.65. The minimum Gasteiger partial charge on any atom is -0.459 e. The van der Waals surface area contributed by atoms with Gasteiger partial charge in [0, 0.05) is 17.5 Å². The van der Waals surface area contributed by atoms with Gasteiger partial charge < -0.3 is 14.9 Å². The summed E-state index contributed by atoms with van der Waals surface area (Å²) in [4.78, 5) is 0. The van der Waals surface area contributed by atoms with Crippen LogP contribution in [0.5, 0.6) is 0 Å². The van der Waals surface area contributed by atoms with Crippen LogP contribution >= 0.6 is 11.6 Å². The molecule has 1 heterocycles. The third-order valence-electron chi connectivity index (χ3n) is 2.21. The zero-order valence-corrected chi connectivity index (χ0v) is 9.12. The Hall–Kier alpha value is -1.03. The standard InChI is InChI=1S/C11H12ClNO2/c1-14-6-9(13)11-5-7-4-8(12)2-3-10(7)15-11/h2-5,9H,6,13H2,1H3. The number of methoxy groups -OCH3 is 1. The van der Waals surface area contributed by atoms with E-state index >= 15 is 0 Å². The third-order valence-corrected chi connectivity index (χ3v) is 2.44. The molecule has 0 bridgehead atoms. The Labute approximate surface area is 92.8 Å². The fourth-order valence-electron chi connectivity index (χ4n) is 1.48. The second-order valence-corrected chi connectivity index (χ2v) is 3.83. The Balaban J connectivity index is 2.38. The van der Waals surface area contributed by atoms with Gasteiger partial charge in [-0.15, -0.1) is 0 Å². The number of halogens is 1. The molecule has 2 N–H and O–H groups in total. The van der Waals surface area contributed by atoms with Crippen molar-refractivity contribution in [3.8, 4) is 0 Å². The zero-order valence-electron chi connectivity index (χ0n) is 8.37. The van der Waals surface area contributed by atoms with E-state index in [2.05, 4.69) is 0 Å². The molecule has 1 atom stereocenters. The van der Waals surface area contributed by atoms with Crippen molar-refractivity contribution in [2.75, 3.05) is 13.7 Å². The lowest BCUT2D eigenvalue weighted by atomic mass is 10.2. The highest BCUT2D eigenvalue weighted by Crippen LogP contribution is 2.25. The molecule has 0 aliphatic carbocycles. The minimum atomic E-state index is -0.235. The van der Waals surface area contributed by atoms with Crippen molar-refractivity contribution in [1.82, 2.24) is 0 Å². The van der Waals surface area contributed by atoms with Crippen LogP contribution in [0.1, 0.15) is 11.8 Å². The molecule has 1 aromatic heterocycles. The average molecular weight is 226 g/mol. The highest BCUT2D eigenvalue weighted by molar-refractivity contribution is 6.31. The van der Waals surface area contributed by atoms with Gasteiger partial charge in [-0.1, -0.05) is 11.6 Å². The molecule has 0 fully saturated rings. The quantitative estimate of drug-likeness (QED) is 0.874. The van der Waals surface area contributed by atoms with Crippen LogP contribution in [0.25, 0.3) is 11.0 Å². The highest BCUT2D eigenvalue weighted by Gasteiger charge is 2.11. The van der Waals surface area contributed by atoms with E-state index < -0.39 is 0 Å². The first-order valence-electron chi connectivity index (χ1n) is 4.64. The smallest absolute Gasteiger partial charge is 0.134 e. The van der Waals surface area contributed by atoms with E-state index in [1.807, 2.05) is 18.2 Å². The molecule has 4 heteroatoms. The second kappa shape index (κ2) is 4.23. The average Bonchev–Trinajstić information content (AvgIpc) is 2.60. The molecule has 80 valence electrons. The van der Waals surface area contributed by atoms with Crippen molar-refractivity contribution in [3.63, 3.8) is 0 Å². The maximum absolute atomic E-state index is 5.87. The van der Waals surface area contributed by atoms with Crippen molar-refractivity contribution >= 4 is 22.6 Å². The SMILES string of the molecule is COCC(N)c1cc2cc(Cl)ccc2o1. The normalized spacial score (nSPS) is 13.3. The summed E-state index contributed by atoms with van der Waals surface area (Å²) in [5.74, 6) is 0.717. The van der Waals surface area contributed by atoms with E-state index in [1.54, 1.807) is 13.2 Å². The van der Waals surface area contributed by atoms with Crippen molar-refractivity contribution in [2.45, 2.75) is 6.04 Å². The molecule has 1 aromatic carbocycles. The summed E-state index contributed by atoms with van der Waals surface area (Å²) >= 11 is 5.87. The van der Waals surface area contributed by atoms with Crippen molar-refractivity contribution in [2.24, 2.45) is 5.73 Å². The molecule has 0 saturated carbocycles. The number of rotatable bonds is 3.